The van der Waals surface area contributed by atoms with Crippen LogP contribution in [0.1, 0.15) is 25.5 Å². The highest BCUT2D eigenvalue weighted by Crippen LogP contribution is 2.10. The Morgan fingerprint density at radius 3 is 3.11 bits per heavy atom. The Hall–Kier alpha value is -2.37. The third-order valence-corrected chi connectivity index (χ3v) is 2.74. The zero-order valence-electron chi connectivity index (χ0n) is 10.9. The van der Waals surface area contributed by atoms with E-state index in [9.17, 15) is 0 Å². The Balaban J connectivity index is 2.29. The zero-order chi connectivity index (χ0) is 13.7. The summed E-state index contributed by atoms with van der Waals surface area (Å²) in [5.74, 6) is 0.782. The minimum atomic E-state index is 0.285. The van der Waals surface area contributed by atoms with E-state index in [0.717, 1.165) is 25.2 Å². The van der Waals surface area contributed by atoms with Crippen molar-refractivity contribution >= 4 is 17.2 Å². The molecule has 2 rings (SSSR count). The van der Waals surface area contributed by atoms with E-state index in [2.05, 4.69) is 22.3 Å². The minimum absolute atomic E-state index is 0.285. The van der Waals surface area contributed by atoms with Crippen LogP contribution in [0, 0.1) is 5.41 Å². The topological polar surface area (TPSA) is 92.1 Å². The van der Waals surface area contributed by atoms with Gasteiger partial charge in [-0.15, -0.1) is 5.10 Å². The molecule has 0 unspecified atom stereocenters. The van der Waals surface area contributed by atoms with Crippen molar-refractivity contribution in [3.63, 3.8) is 0 Å². The first kappa shape index (κ1) is 13.1. The number of fused-ring (bicyclic) bond motifs is 1. The number of imidazole rings is 1. The molecule has 19 heavy (non-hydrogen) atoms. The molecule has 0 aliphatic rings. The van der Waals surface area contributed by atoms with Crippen LogP contribution in [0.15, 0.2) is 30.6 Å². The second-order valence-electron chi connectivity index (χ2n) is 4.19. The molecule has 6 heteroatoms. The number of hydrogen-bond acceptors (Lipinski definition) is 5. The SMILES string of the molecule is CCCCNc1ccc2ncc(C(=N)/C=C\N)n2n1. The summed E-state index contributed by atoms with van der Waals surface area (Å²) in [5, 5.41) is 15.6. The first-order valence-corrected chi connectivity index (χ1v) is 6.32. The third-order valence-electron chi connectivity index (χ3n) is 2.74. The number of nitrogens with one attached hydrogen (secondary N) is 2. The first-order chi connectivity index (χ1) is 9.26. The van der Waals surface area contributed by atoms with Crippen LogP contribution < -0.4 is 11.1 Å². The molecule has 0 saturated carbocycles. The monoisotopic (exact) mass is 258 g/mol. The van der Waals surface area contributed by atoms with Crippen molar-refractivity contribution in [1.82, 2.24) is 14.6 Å². The van der Waals surface area contributed by atoms with Gasteiger partial charge in [0.2, 0.25) is 0 Å². The van der Waals surface area contributed by atoms with Crippen LogP contribution in [0.5, 0.6) is 0 Å². The van der Waals surface area contributed by atoms with Crippen molar-refractivity contribution in [1.29, 1.82) is 5.41 Å². The Labute approximate surface area is 111 Å². The van der Waals surface area contributed by atoms with Crippen LogP contribution in [0.25, 0.3) is 5.65 Å². The molecule has 0 bridgehead atoms. The lowest BCUT2D eigenvalue weighted by molar-refractivity contribution is 0.822. The van der Waals surface area contributed by atoms with Gasteiger partial charge < -0.3 is 11.1 Å². The van der Waals surface area contributed by atoms with E-state index in [0.29, 0.717) is 11.3 Å². The fraction of sp³-hybridized carbons (Fsp3) is 0.308. The number of nitrogens with zero attached hydrogens (tertiary/aromatic N) is 3. The molecule has 0 spiro atoms. The predicted molar refractivity (Wildman–Crippen MR) is 76.5 cm³/mol. The van der Waals surface area contributed by atoms with Crippen LogP contribution in [0.2, 0.25) is 0 Å². The van der Waals surface area contributed by atoms with E-state index >= 15 is 0 Å². The quantitative estimate of drug-likeness (QED) is 0.544. The lowest BCUT2D eigenvalue weighted by Crippen LogP contribution is -2.08. The Kier molecular flexibility index (Phi) is 4.12. The van der Waals surface area contributed by atoms with Crippen LogP contribution in [-0.2, 0) is 0 Å². The summed E-state index contributed by atoms with van der Waals surface area (Å²) < 4.78 is 1.65. The van der Waals surface area contributed by atoms with Gasteiger partial charge in [-0.2, -0.15) is 0 Å². The highest BCUT2D eigenvalue weighted by Gasteiger charge is 2.08. The highest BCUT2D eigenvalue weighted by atomic mass is 15.3. The second kappa shape index (κ2) is 5.99. The smallest absolute Gasteiger partial charge is 0.154 e. The molecule has 6 nitrogen and oxygen atoms in total. The number of allylic oxidation sites excluding steroid dienone is 1. The van der Waals surface area contributed by atoms with Crippen LogP contribution >= 0.6 is 0 Å². The molecule has 0 amide bonds. The second-order valence-corrected chi connectivity index (χ2v) is 4.19. The molecule has 2 heterocycles. The fourth-order valence-corrected chi connectivity index (χ4v) is 1.73. The highest BCUT2D eigenvalue weighted by molar-refractivity contribution is 6.05. The van der Waals surface area contributed by atoms with Gasteiger partial charge in [-0.3, -0.25) is 5.41 Å². The van der Waals surface area contributed by atoms with Gasteiger partial charge >= 0.3 is 0 Å². The maximum atomic E-state index is 7.88. The number of hydrogen-bond donors (Lipinski definition) is 3. The molecular weight excluding hydrogens is 240 g/mol. The molecule has 2 aromatic heterocycles. The zero-order valence-corrected chi connectivity index (χ0v) is 10.9. The number of unbranched alkanes of at least 4 members (excludes halogenated alkanes) is 1. The van der Waals surface area contributed by atoms with E-state index in [1.807, 2.05) is 12.1 Å². The molecule has 0 fully saturated rings. The van der Waals surface area contributed by atoms with E-state index in [4.69, 9.17) is 11.1 Å². The van der Waals surface area contributed by atoms with Gasteiger partial charge in [0.25, 0.3) is 0 Å². The third kappa shape index (κ3) is 2.90. The molecule has 0 aliphatic carbocycles. The summed E-state index contributed by atoms with van der Waals surface area (Å²) in [4.78, 5) is 4.22. The Bertz CT molecular complexity index is 598. The van der Waals surface area contributed by atoms with Crippen molar-refractivity contribution in [2.24, 2.45) is 5.73 Å². The van der Waals surface area contributed by atoms with Crippen molar-refractivity contribution in [3.8, 4) is 0 Å². The molecule has 0 radical (unpaired) electrons. The van der Waals surface area contributed by atoms with Crippen molar-refractivity contribution in [2.75, 3.05) is 11.9 Å². The van der Waals surface area contributed by atoms with Crippen molar-refractivity contribution < 1.29 is 0 Å². The van der Waals surface area contributed by atoms with Crippen molar-refractivity contribution in [2.45, 2.75) is 19.8 Å². The van der Waals surface area contributed by atoms with E-state index in [1.165, 1.54) is 12.3 Å². The summed E-state index contributed by atoms with van der Waals surface area (Å²) in [6.45, 7) is 3.03. The maximum absolute atomic E-state index is 7.88. The molecule has 0 saturated heterocycles. The van der Waals surface area contributed by atoms with E-state index in [1.54, 1.807) is 10.7 Å². The lowest BCUT2D eigenvalue weighted by atomic mass is 10.3. The first-order valence-electron chi connectivity index (χ1n) is 6.32. The van der Waals surface area contributed by atoms with Crippen LogP contribution in [-0.4, -0.2) is 26.9 Å². The summed E-state index contributed by atoms with van der Waals surface area (Å²) in [5.41, 5.74) is 6.93. The summed E-state index contributed by atoms with van der Waals surface area (Å²) in [6, 6.07) is 3.77. The molecule has 4 N–H and O–H groups in total. The number of anilines is 1. The van der Waals surface area contributed by atoms with Crippen molar-refractivity contribution in [3.05, 3.63) is 36.3 Å². The molecule has 0 aromatic carbocycles. The minimum Gasteiger partial charge on any atom is -0.405 e. The average Bonchev–Trinajstić information content (AvgIpc) is 2.82. The molecule has 2 aromatic rings. The van der Waals surface area contributed by atoms with Crippen LogP contribution in [0.4, 0.5) is 5.82 Å². The molecule has 100 valence electrons. The average molecular weight is 258 g/mol. The fourth-order valence-electron chi connectivity index (χ4n) is 1.73. The normalized spacial score (nSPS) is 11.2. The number of nitrogens with two attached hydrogens (primary N) is 1. The number of aromatic nitrogens is 3. The summed E-state index contributed by atoms with van der Waals surface area (Å²) >= 11 is 0. The Morgan fingerprint density at radius 2 is 2.37 bits per heavy atom. The van der Waals surface area contributed by atoms with Gasteiger partial charge in [0.1, 0.15) is 11.5 Å². The van der Waals surface area contributed by atoms with Gasteiger partial charge in [-0.05, 0) is 30.8 Å². The van der Waals surface area contributed by atoms with E-state index in [-0.39, 0.29) is 5.71 Å². The standard InChI is InChI=1S/C13H18N6/c1-2-3-8-16-12-4-5-13-17-9-11(19(13)18-12)10(15)6-7-14/h4-7,9,15H,2-3,8,14H2,1H3,(H,16,18)/b7-6-,15-10?. The Morgan fingerprint density at radius 1 is 1.53 bits per heavy atom. The van der Waals surface area contributed by atoms with Crippen LogP contribution in [0.3, 0.4) is 0 Å². The molecule has 0 aliphatic heterocycles. The van der Waals surface area contributed by atoms with Gasteiger partial charge in [0.15, 0.2) is 5.65 Å². The van der Waals surface area contributed by atoms with Gasteiger partial charge in [-0.1, -0.05) is 13.3 Å². The van der Waals surface area contributed by atoms with Gasteiger partial charge in [0, 0.05) is 6.54 Å². The molecular formula is C13H18N6. The largest absolute Gasteiger partial charge is 0.405 e. The maximum Gasteiger partial charge on any atom is 0.154 e. The number of rotatable bonds is 6. The summed E-state index contributed by atoms with van der Waals surface area (Å²) in [6.07, 6.45) is 6.72. The summed E-state index contributed by atoms with van der Waals surface area (Å²) in [7, 11) is 0. The lowest BCUT2D eigenvalue weighted by Gasteiger charge is -2.05. The van der Waals surface area contributed by atoms with Gasteiger partial charge in [-0.25, -0.2) is 9.50 Å². The van der Waals surface area contributed by atoms with E-state index < -0.39 is 0 Å². The van der Waals surface area contributed by atoms with Gasteiger partial charge in [0.05, 0.1) is 11.9 Å². The predicted octanol–water partition coefficient (Wildman–Crippen LogP) is 1.78. The molecule has 0 atom stereocenters.